The van der Waals surface area contributed by atoms with Crippen molar-refractivity contribution in [1.29, 1.82) is 0 Å². The van der Waals surface area contributed by atoms with Crippen LogP contribution >= 0.6 is 0 Å². The molecule has 6 nitrogen and oxygen atoms in total. The second-order valence-corrected chi connectivity index (χ2v) is 6.60. The fourth-order valence-electron chi connectivity index (χ4n) is 2.96. The molecule has 3 rings (SSSR count). The molecule has 29 heavy (non-hydrogen) atoms. The molecular weight excluding hydrogens is 368 g/mol. The Bertz CT molecular complexity index is 931. The fraction of sp³-hybridized carbons (Fsp3) is 0.304. The van der Waals surface area contributed by atoms with Crippen LogP contribution in [0.25, 0.3) is 11.5 Å². The summed E-state index contributed by atoms with van der Waals surface area (Å²) in [5, 5.41) is 2.94. The molecule has 1 amide bonds. The van der Waals surface area contributed by atoms with Gasteiger partial charge in [-0.05, 0) is 55.8 Å². The van der Waals surface area contributed by atoms with E-state index in [0.29, 0.717) is 31.9 Å². The van der Waals surface area contributed by atoms with Gasteiger partial charge >= 0.3 is 0 Å². The summed E-state index contributed by atoms with van der Waals surface area (Å²) >= 11 is 0. The highest BCUT2D eigenvalue weighted by Crippen LogP contribution is 2.24. The van der Waals surface area contributed by atoms with Gasteiger partial charge in [-0.15, -0.1) is 0 Å². The van der Waals surface area contributed by atoms with E-state index in [9.17, 15) is 4.79 Å². The maximum Gasteiger partial charge on any atom is 0.226 e. The average Bonchev–Trinajstić information content (AvgIpc) is 3.10. The Morgan fingerprint density at radius 1 is 1.07 bits per heavy atom. The molecule has 2 aromatic carbocycles. The number of aryl methyl sites for hydroxylation is 1. The lowest BCUT2D eigenvalue weighted by Gasteiger charge is -2.06. The summed E-state index contributed by atoms with van der Waals surface area (Å²) in [6.45, 7) is 4.96. The number of hydrogen-bond acceptors (Lipinski definition) is 5. The lowest BCUT2D eigenvalue weighted by molar-refractivity contribution is -0.120. The highest BCUT2D eigenvalue weighted by molar-refractivity contribution is 5.78. The molecule has 0 saturated carbocycles. The highest BCUT2D eigenvalue weighted by atomic mass is 16.5. The number of oxazole rings is 1. The maximum atomic E-state index is 12.2. The Labute approximate surface area is 170 Å². The molecule has 0 aliphatic heterocycles. The van der Waals surface area contributed by atoms with Gasteiger partial charge in [0.2, 0.25) is 11.8 Å². The molecule has 0 aliphatic rings. The summed E-state index contributed by atoms with van der Waals surface area (Å²) < 4.78 is 16.4. The van der Waals surface area contributed by atoms with Gasteiger partial charge < -0.3 is 19.2 Å². The molecule has 1 heterocycles. The molecule has 1 aromatic heterocycles. The number of carbonyl (C=O) groups is 1. The first-order valence-corrected chi connectivity index (χ1v) is 9.68. The first-order chi connectivity index (χ1) is 14.1. The van der Waals surface area contributed by atoms with Gasteiger partial charge in [0.1, 0.15) is 17.3 Å². The van der Waals surface area contributed by atoms with Crippen molar-refractivity contribution in [2.75, 3.05) is 20.3 Å². The number of amides is 1. The number of nitrogens with one attached hydrogen (secondary N) is 1. The van der Waals surface area contributed by atoms with Gasteiger partial charge in [0.25, 0.3) is 0 Å². The smallest absolute Gasteiger partial charge is 0.226 e. The predicted octanol–water partition coefficient (Wildman–Crippen LogP) is 3.96. The van der Waals surface area contributed by atoms with Crippen LogP contribution in [0.3, 0.4) is 0 Å². The summed E-state index contributed by atoms with van der Waals surface area (Å²) in [7, 11) is 1.63. The van der Waals surface area contributed by atoms with E-state index in [2.05, 4.69) is 10.3 Å². The lowest BCUT2D eigenvalue weighted by Crippen LogP contribution is -2.27. The maximum absolute atomic E-state index is 12.2. The van der Waals surface area contributed by atoms with Crippen LogP contribution in [0.4, 0.5) is 0 Å². The zero-order valence-electron chi connectivity index (χ0n) is 17.0. The third kappa shape index (κ3) is 5.60. The minimum absolute atomic E-state index is 0.0225. The minimum atomic E-state index is -0.0225. The number of rotatable bonds is 9. The van der Waals surface area contributed by atoms with Crippen molar-refractivity contribution in [2.24, 2.45) is 0 Å². The molecule has 0 radical (unpaired) electrons. The van der Waals surface area contributed by atoms with Crippen LogP contribution in [0.1, 0.15) is 23.9 Å². The number of methoxy groups -OCH3 is 1. The molecule has 0 fully saturated rings. The van der Waals surface area contributed by atoms with Crippen molar-refractivity contribution in [3.05, 3.63) is 65.5 Å². The van der Waals surface area contributed by atoms with E-state index < -0.39 is 0 Å². The van der Waals surface area contributed by atoms with E-state index in [1.54, 1.807) is 7.11 Å². The third-order valence-electron chi connectivity index (χ3n) is 4.51. The zero-order chi connectivity index (χ0) is 20.6. The van der Waals surface area contributed by atoms with E-state index in [1.165, 1.54) is 0 Å². The SMILES string of the molecule is CCOc1ccc(CC(=O)NCCc2nc(-c3ccc(OC)cc3)oc2C)cc1. The van der Waals surface area contributed by atoms with Crippen LogP contribution in [-0.4, -0.2) is 31.2 Å². The van der Waals surface area contributed by atoms with E-state index in [4.69, 9.17) is 13.9 Å². The number of ether oxygens (including phenoxy) is 2. The topological polar surface area (TPSA) is 73.6 Å². The van der Waals surface area contributed by atoms with Crippen molar-refractivity contribution in [3.8, 4) is 23.0 Å². The largest absolute Gasteiger partial charge is 0.497 e. The molecule has 6 heteroatoms. The molecule has 0 bridgehead atoms. The van der Waals surface area contributed by atoms with Crippen molar-refractivity contribution in [3.63, 3.8) is 0 Å². The Morgan fingerprint density at radius 2 is 1.76 bits per heavy atom. The third-order valence-corrected chi connectivity index (χ3v) is 4.51. The molecule has 0 unspecified atom stereocenters. The Balaban J connectivity index is 1.50. The Kier molecular flexibility index (Phi) is 6.89. The second-order valence-electron chi connectivity index (χ2n) is 6.60. The molecule has 3 aromatic rings. The molecular formula is C23H26N2O4. The summed E-state index contributed by atoms with van der Waals surface area (Å²) in [4.78, 5) is 16.8. The first kappa shape index (κ1) is 20.5. The Morgan fingerprint density at radius 3 is 2.41 bits per heavy atom. The van der Waals surface area contributed by atoms with Gasteiger partial charge in [-0.25, -0.2) is 4.98 Å². The van der Waals surface area contributed by atoms with E-state index >= 15 is 0 Å². The number of carbonyl (C=O) groups excluding carboxylic acids is 1. The fourth-order valence-corrected chi connectivity index (χ4v) is 2.96. The molecule has 0 atom stereocenters. The van der Waals surface area contributed by atoms with Gasteiger partial charge in [0, 0.05) is 18.5 Å². The van der Waals surface area contributed by atoms with Crippen LogP contribution < -0.4 is 14.8 Å². The zero-order valence-corrected chi connectivity index (χ0v) is 17.0. The monoisotopic (exact) mass is 394 g/mol. The van der Waals surface area contributed by atoms with Crippen molar-refractivity contribution in [2.45, 2.75) is 26.7 Å². The van der Waals surface area contributed by atoms with Crippen molar-refractivity contribution in [1.82, 2.24) is 10.3 Å². The lowest BCUT2D eigenvalue weighted by atomic mass is 10.1. The standard InChI is InChI=1S/C23H26N2O4/c1-4-28-20-9-5-17(6-10-20)15-22(26)24-14-13-21-16(2)29-23(25-21)18-7-11-19(27-3)12-8-18/h5-12H,4,13-15H2,1-3H3,(H,24,26). The molecule has 152 valence electrons. The van der Waals surface area contributed by atoms with Gasteiger partial charge in [-0.2, -0.15) is 0 Å². The molecule has 0 aliphatic carbocycles. The molecule has 0 spiro atoms. The second kappa shape index (κ2) is 9.78. The van der Waals surface area contributed by atoms with Crippen molar-refractivity contribution < 1.29 is 18.7 Å². The summed E-state index contributed by atoms with van der Waals surface area (Å²) in [6, 6.07) is 15.1. The van der Waals surface area contributed by atoms with Gasteiger partial charge in [0.05, 0.1) is 25.8 Å². The number of nitrogens with zero attached hydrogens (tertiary/aromatic N) is 1. The van der Waals surface area contributed by atoms with E-state index in [1.807, 2.05) is 62.4 Å². The van der Waals surface area contributed by atoms with Gasteiger partial charge in [0.15, 0.2) is 0 Å². The normalized spacial score (nSPS) is 10.6. The number of benzene rings is 2. The summed E-state index contributed by atoms with van der Waals surface area (Å²) in [6.07, 6.45) is 0.946. The molecule has 1 N–H and O–H groups in total. The van der Waals surface area contributed by atoms with E-state index in [-0.39, 0.29) is 5.91 Å². The number of hydrogen-bond donors (Lipinski definition) is 1. The van der Waals surface area contributed by atoms with Crippen molar-refractivity contribution >= 4 is 5.91 Å². The minimum Gasteiger partial charge on any atom is -0.497 e. The Hall–Kier alpha value is -3.28. The van der Waals surface area contributed by atoms with Crippen LogP contribution in [0.5, 0.6) is 11.5 Å². The van der Waals surface area contributed by atoms with Crippen LogP contribution in [0.15, 0.2) is 52.9 Å². The quantitative estimate of drug-likeness (QED) is 0.595. The van der Waals surface area contributed by atoms with Gasteiger partial charge in [-0.1, -0.05) is 12.1 Å². The van der Waals surface area contributed by atoms with Crippen LogP contribution in [0.2, 0.25) is 0 Å². The highest BCUT2D eigenvalue weighted by Gasteiger charge is 2.12. The summed E-state index contributed by atoms with van der Waals surface area (Å²) in [5.41, 5.74) is 2.68. The first-order valence-electron chi connectivity index (χ1n) is 9.68. The van der Waals surface area contributed by atoms with Crippen LogP contribution in [0, 0.1) is 6.92 Å². The van der Waals surface area contributed by atoms with Crippen LogP contribution in [-0.2, 0) is 17.6 Å². The van der Waals surface area contributed by atoms with E-state index in [0.717, 1.165) is 34.1 Å². The average molecular weight is 394 g/mol. The predicted molar refractivity (Wildman–Crippen MR) is 111 cm³/mol. The van der Waals surface area contributed by atoms with Gasteiger partial charge in [-0.3, -0.25) is 4.79 Å². The molecule has 0 saturated heterocycles. The number of aromatic nitrogens is 1. The summed E-state index contributed by atoms with van der Waals surface area (Å²) in [5.74, 6) is 2.90.